The third-order valence-corrected chi connectivity index (χ3v) is 6.61. The van der Waals surface area contributed by atoms with Gasteiger partial charge in [0.15, 0.2) is 0 Å². The molecule has 3 aromatic carbocycles. The first-order valence-electron chi connectivity index (χ1n) is 10.6. The molecule has 0 bridgehead atoms. The highest BCUT2D eigenvalue weighted by Gasteiger charge is 2.68. The van der Waals surface area contributed by atoms with Gasteiger partial charge in [-0.3, -0.25) is 0 Å². The lowest BCUT2D eigenvalue weighted by Crippen LogP contribution is -2.23. The molecular formula is C27H31NO. The molecule has 0 aliphatic heterocycles. The summed E-state index contributed by atoms with van der Waals surface area (Å²) in [5, 5.41) is 0. The van der Waals surface area contributed by atoms with Crippen molar-refractivity contribution in [1.82, 2.24) is 4.90 Å². The van der Waals surface area contributed by atoms with Crippen molar-refractivity contribution in [3.05, 3.63) is 102 Å². The third kappa shape index (κ3) is 3.47. The topological polar surface area (TPSA) is 12.5 Å². The van der Waals surface area contributed by atoms with E-state index in [0.29, 0.717) is 6.61 Å². The maximum atomic E-state index is 5.93. The summed E-state index contributed by atoms with van der Waals surface area (Å²) in [6, 6.07) is 30.9. The SMILES string of the molecule is CCC1(c2ccccc2)CC1(c1ccccc1)c1ccc(OCCN(C)C)cc1. The molecule has 1 fully saturated rings. The first kappa shape index (κ1) is 19.7. The van der Waals surface area contributed by atoms with Crippen molar-refractivity contribution in [3.8, 4) is 5.75 Å². The molecule has 0 spiro atoms. The maximum Gasteiger partial charge on any atom is 0.119 e. The highest BCUT2D eigenvalue weighted by atomic mass is 16.5. The summed E-state index contributed by atoms with van der Waals surface area (Å²) in [5.74, 6) is 0.946. The molecule has 1 aliphatic carbocycles. The monoisotopic (exact) mass is 385 g/mol. The van der Waals surface area contributed by atoms with Crippen molar-refractivity contribution in [2.24, 2.45) is 0 Å². The van der Waals surface area contributed by atoms with E-state index in [1.807, 2.05) is 0 Å². The lowest BCUT2D eigenvalue weighted by Gasteiger charge is -2.27. The van der Waals surface area contributed by atoms with Crippen molar-refractivity contribution >= 4 is 0 Å². The Morgan fingerprint density at radius 1 is 0.759 bits per heavy atom. The van der Waals surface area contributed by atoms with Crippen LogP contribution in [0.25, 0.3) is 0 Å². The Morgan fingerprint density at radius 3 is 1.86 bits per heavy atom. The lowest BCUT2D eigenvalue weighted by molar-refractivity contribution is 0.261. The molecule has 0 N–H and O–H groups in total. The average molecular weight is 386 g/mol. The van der Waals surface area contributed by atoms with Crippen molar-refractivity contribution in [2.45, 2.75) is 30.6 Å². The Balaban J connectivity index is 1.70. The van der Waals surface area contributed by atoms with E-state index < -0.39 is 0 Å². The summed E-state index contributed by atoms with van der Waals surface area (Å²) >= 11 is 0. The van der Waals surface area contributed by atoms with Crippen LogP contribution in [-0.2, 0) is 10.8 Å². The lowest BCUT2D eigenvalue weighted by atomic mass is 9.76. The van der Waals surface area contributed by atoms with Crippen LogP contribution in [-0.4, -0.2) is 32.1 Å². The van der Waals surface area contributed by atoms with Gasteiger partial charge in [0.2, 0.25) is 0 Å². The Labute approximate surface area is 175 Å². The Kier molecular flexibility index (Phi) is 5.47. The molecule has 0 radical (unpaired) electrons. The van der Waals surface area contributed by atoms with Crippen molar-refractivity contribution in [2.75, 3.05) is 27.2 Å². The average Bonchev–Trinajstić information content (AvgIpc) is 3.47. The molecule has 29 heavy (non-hydrogen) atoms. The minimum atomic E-state index is 0.0204. The van der Waals surface area contributed by atoms with Crippen LogP contribution in [0.1, 0.15) is 36.5 Å². The zero-order valence-electron chi connectivity index (χ0n) is 17.8. The minimum absolute atomic E-state index is 0.0204. The molecule has 0 heterocycles. The van der Waals surface area contributed by atoms with E-state index in [0.717, 1.165) is 25.1 Å². The molecule has 4 rings (SSSR count). The van der Waals surface area contributed by atoms with E-state index in [1.54, 1.807) is 0 Å². The number of rotatable bonds is 8. The Bertz CT molecular complexity index is 920. The summed E-state index contributed by atoms with van der Waals surface area (Å²) < 4.78 is 5.93. The fourth-order valence-corrected chi connectivity index (χ4v) is 4.97. The quantitative estimate of drug-likeness (QED) is 0.496. The van der Waals surface area contributed by atoms with Gasteiger partial charge in [0.1, 0.15) is 12.4 Å². The second kappa shape index (κ2) is 8.04. The van der Waals surface area contributed by atoms with Gasteiger partial charge in [0, 0.05) is 17.4 Å². The summed E-state index contributed by atoms with van der Waals surface area (Å²) in [7, 11) is 4.13. The van der Waals surface area contributed by atoms with E-state index >= 15 is 0 Å². The van der Waals surface area contributed by atoms with Gasteiger partial charge in [-0.05, 0) is 55.8 Å². The second-order valence-corrected chi connectivity index (χ2v) is 8.43. The van der Waals surface area contributed by atoms with E-state index in [1.165, 1.54) is 16.7 Å². The number of benzene rings is 3. The van der Waals surface area contributed by atoms with Gasteiger partial charge in [0.25, 0.3) is 0 Å². The van der Waals surface area contributed by atoms with Crippen LogP contribution in [0.15, 0.2) is 84.9 Å². The van der Waals surface area contributed by atoms with Crippen LogP contribution in [0.3, 0.4) is 0 Å². The van der Waals surface area contributed by atoms with Gasteiger partial charge in [0.05, 0.1) is 0 Å². The van der Waals surface area contributed by atoms with E-state index in [-0.39, 0.29) is 10.8 Å². The summed E-state index contributed by atoms with van der Waals surface area (Å²) in [6.45, 7) is 3.96. The van der Waals surface area contributed by atoms with E-state index in [4.69, 9.17) is 4.74 Å². The fraction of sp³-hybridized carbons (Fsp3) is 0.333. The van der Waals surface area contributed by atoms with Gasteiger partial charge in [-0.2, -0.15) is 0 Å². The molecule has 0 amide bonds. The molecule has 1 aliphatic rings. The molecule has 0 saturated heterocycles. The number of likely N-dealkylation sites (N-methyl/N-ethyl adjacent to an activating group) is 1. The molecule has 2 unspecified atom stereocenters. The first-order chi connectivity index (χ1) is 14.1. The van der Waals surface area contributed by atoms with E-state index in [9.17, 15) is 0 Å². The van der Waals surface area contributed by atoms with Crippen molar-refractivity contribution < 1.29 is 4.74 Å². The van der Waals surface area contributed by atoms with Crippen LogP contribution in [0.4, 0.5) is 0 Å². The van der Waals surface area contributed by atoms with Gasteiger partial charge in [-0.1, -0.05) is 79.7 Å². The summed E-state index contributed by atoms with van der Waals surface area (Å²) in [5.41, 5.74) is 4.40. The summed E-state index contributed by atoms with van der Waals surface area (Å²) in [6.07, 6.45) is 2.26. The molecule has 3 aromatic rings. The molecule has 150 valence electrons. The summed E-state index contributed by atoms with van der Waals surface area (Å²) in [4.78, 5) is 2.14. The predicted octanol–water partition coefficient (Wildman–Crippen LogP) is 5.66. The molecule has 2 nitrogen and oxygen atoms in total. The van der Waals surface area contributed by atoms with Crippen LogP contribution in [0, 0.1) is 0 Å². The largest absolute Gasteiger partial charge is 0.492 e. The fourth-order valence-electron chi connectivity index (χ4n) is 4.97. The van der Waals surface area contributed by atoms with Crippen LogP contribution < -0.4 is 4.74 Å². The molecule has 1 saturated carbocycles. The van der Waals surface area contributed by atoms with Crippen LogP contribution in [0.2, 0.25) is 0 Å². The zero-order valence-corrected chi connectivity index (χ0v) is 17.8. The number of nitrogens with zero attached hydrogens (tertiary/aromatic N) is 1. The highest BCUT2D eigenvalue weighted by molar-refractivity contribution is 5.58. The van der Waals surface area contributed by atoms with Gasteiger partial charge >= 0.3 is 0 Å². The van der Waals surface area contributed by atoms with Crippen LogP contribution in [0.5, 0.6) is 5.75 Å². The van der Waals surface area contributed by atoms with Gasteiger partial charge in [-0.15, -0.1) is 0 Å². The number of ether oxygens (including phenoxy) is 1. The number of hydrogen-bond acceptors (Lipinski definition) is 2. The van der Waals surface area contributed by atoms with Crippen LogP contribution >= 0.6 is 0 Å². The highest BCUT2D eigenvalue weighted by Crippen LogP contribution is 2.70. The maximum absolute atomic E-state index is 5.93. The second-order valence-electron chi connectivity index (χ2n) is 8.43. The molecule has 2 heteroatoms. The zero-order chi connectivity index (χ0) is 20.3. The van der Waals surface area contributed by atoms with Crippen molar-refractivity contribution in [1.29, 1.82) is 0 Å². The molecule has 0 aromatic heterocycles. The smallest absolute Gasteiger partial charge is 0.119 e. The Morgan fingerprint density at radius 2 is 1.31 bits per heavy atom. The Hall–Kier alpha value is -2.58. The standard InChI is InChI=1S/C27H31NO/c1-4-26(22-11-7-5-8-12-22)21-27(26,23-13-9-6-10-14-23)24-15-17-25(18-16-24)29-20-19-28(2)3/h5-18H,4,19-21H2,1-3H3. The van der Waals surface area contributed by atoms with Crippen molar-refractivity contribution in [3.63, 3.8) is 0 Å². The van der Waals surface area contributed by atoms with Gasteiger partial charge in [-0.25, -0.2) is 0 Å². The normalized spacial score (nSPS) is 23.2. The minimum Gasteiger partial charge on any atom is -0.492 e. The number of hydrogen-bond donors (Lipinski definition) is 0. The van der Waals surface area contributed by atoms with E-state index in [2.05, 4.69) is 111 Å². The first-order valence-corrected chi connectivity index (χ1v) is 10.6. The molecular weight excluding hydrogens is 354 g/mol. The third-order valence-electron chi connectivity index (χ3n) is 6.61. The predicted molar refractivity (Wildman–Crippen MR) is 121 cm³/mol. The molecule has 2 atom stereocenters. The van der Waals surface area contributed by atoms with Gasteiger partial charge < -0.3 is 9.64 Å².